The van der Waals surface area contributed by atoms with Crippen LogP contribution in [-0.2, 0) is 4.79 Å². The SMILES string of the molecule is CC(=O)N[C@@H](C)c1cc(C)sc1C. The normalized spacial score (nSPS) is 12.6. The second-order valence-corrected chi connectivity index (χ2v) is 4.75. The number of thiophene rings is 1. The molecule has 0 aliphatic heterocycles. The van der Waals surface area contributed by atoms with Gasteiger partial charge in [0.1, 0.15) is 0 Å². The van der Waals surface area contributed by atoms with Crippen LogP contribution in [0.5, 0.6) is 0 Å². The van der Waals surface area contributed by atoms with Gasteiger partial charge in [0.15, 0.2) is 0 Å². The molecule has 0 saturated carbocycles. The number of rotatable bonds is 2. The standard InChI is InChI=1S/C10H15NOS/c1-6-5-10(8(3)13-6)7(2)11-9(4)12/h5,7H,1-4H3,(H,11,12)/t7-/m0/s1. The summed E-state index contributed by atoms with van der Waals surface area (Å²) in [5.41, 5.74) is 1.23. The molecular formula is C10H15NOS. The van der Waals surface area contributed by atoms with E-state index in [1.54, 1.807) is 18.3 Å². The fourth-order valence-electron chi connectivity index (χ4n) is 1.46. The minimum Gasteiger partial charge on any atom is -0.350 e. The molecule has 0 fully saturated rings. The largest absolute Gasteiger partial charge is 0.350 e. The van der Waals surface area contributed by atoms with Crippen molar-refractivity contribution in [3.63, 3.8) is 0 Å². The van der Waals surface area contributed by atoms with Crippen LogP contribution < -0.4 is 5.32 Å². The maximum Gasteiger partial charge on any atom is 0.217 e. The van der Waals surface area contributed by atoms with Gasteiger partial charge in [-0.05, 0) is 32.4 Å². The van der Waals surface area contributed by atoms with Crippen LogP contribution in [0.15, 0.2) is 6.07 Å². The van der Waals surface area contributed by atoms with E-state index in [-0.39, 0.29) is 11.9 Å². The Kier molecular flexibility index (Phi) is 3.09. The van der Waals surface area contributed by atoms with Gasteiger partial charge in [-0.25, -0.2) is 0 Å². The lowest BCUT2D eigenvalue weighted by molar-refractivity contribution is -0.119. The maximum atomic E-state index is 10.8. The Labute approximate surface area is 83.0 Å². The molecule has 0 saturated heterocycles. The van der Waals surface area contributed by atoms with E-state index in [1.807, 2.05) is 6.92 Å². The van der Waals surface area contributed by atoms with Crippen molar-refractivity contribution in [1.82, 2.24) is 5.32 Å². The molecule has 13 heavy (non-hydrogen) atoms. The van der Waals surface area contributed by atoms with Crippen molar-refractivity contribution >= 4 is 17.2 Å². The van der Waals surface area contributed by atoms with Crippen LogP contribution in [0.4, 0.5) is 0 Å². The number of aryl methyl sites for hydroxylation is 2. The molecule has 0 bridgehead atoms. The Hall–Kier alpha value is -0.830. The molecule has 0 aromatic carbocycles. The zero-order chi connectivity index (χ0) is 10.0. The third kappa shape index (κ3) is 2.56. The molecule has 0 radical (unpaired) electrons. The lowest BCUT2D eigenvalue weighted by Crippen LogP contribution is -2.23. The van der Waals surface area contributed by atoms with Crippen molar-refractivity contribution in [3.8, 4) is 0 Å². The first-order chi connectivity index (χ1) is 6.00. The van der Waals surface area contributed by atoms with E-state index in [2.05, 4.69) is 25.2 Å². The molecule has 1 heterocycles. The van der Waals surface area contributed by atoms with E-state index in [0.29, 0.717) is 0 Å². The summed E-state index contributed by atoms with van der Waals surface area (Å²) in [7, 11) is 0. The zero-order valence-electron chi connectivity index (χ0n) is 8.47. The molecule has 72 valence electrons. The average Bonchev–Trinajstić information content (AvgIpc) is 2.28. The summed E-state index contributed by atoms with van der Waals surface area (Å²) < 4.78 is 0. The number of nitrogens with one attached hydrogen (secondary N) is 1. The molecule has 3 heteroatoms. The molecule has 2 nitrogen and oxygen atoms in total. The number of carbonyl (C=O) groups excluding carboxylic acids is 1. The predicted octanol–water partition coefficient (Wildman–Crippen LogP) is 2.56. The molecule has 1 amide bonds. The third-order valence-corrected chi connectivity index (χ3v) is 2.95. The van der Waals surface area contributed by atoms with Crippen LogP contribution in [0, 0.1) is 13.8 Å². The summed E-state index contributed by atoms with van der Waals surface area (Å²) >= 11 is 1.77. The van der Waals surface area contributed by atoms with Crippen molar-refractivity contribution in [3.05, 3.63) is 21.4 Å². The van der Waals surface area contributed by atoms with Gasteiger partial charge in [-0.2, -0.15) is 0 Å². The highest BCUT2D eigenvalue weighted by atomic mass is 32.1. The number of amides is 1. The fourth-order valence-corrected chi connectivity index (χ4v) is 2.49. The van der Waals surface area contributed by atoms with Crippen LogP contribution in [0.25, 0.3) is 0 Å². The number of hydrogen-bond acceptors (Lipinski definition) is 2. The zero-order valence-corrected chi connectivity index (χ0v) is 9.29. The summed E-state index contributed by atoms with van der Waals surface area (Å²) in [5, 5.41) is 2.88. The number of carbonyl (C=O) groups is 1. The van der Waals surface area contributed by atoms with Crippen molar-refractivity contribution in [2.24, 2.45) is 0 Å². The Morgan fingerprint density at radius 2 is 2.15 bits per heavy atom. The van der Waals surface area contributed by atoms with Crippen LogP contribution in [0.1, 0.15) is 35.2 Å². The Morgan fingerprint density at radius 3 is 2.54 bits per heavy atom. The molecular weight excluding hydrogens is 182 g/mol. The van der Waals surface area contributed by atoms with Gasteiger partial charge in [0.25, 0.3) is 0 Å². The van der Waals surface area contributed by atoms with Crippen LogP contribution >= 0.6 is 11.3 Å². The lowest BCUT2D eigenvalue weighted by Gasteiger charge is -2.11. The highest BCUT2D eigenvalue weighted by Crippen LogP contribution is 2.25. The summed E-state index contributed by atoms with van der Waals surface area (Å²) in [5.74, 6) is 0.0238. The first-order valence-corrected chi connectivity index (χ1v) is 5.16. The van der Waals surface area contributed by atoms with Gasteiger partial charge in [-0.1, -0.05) is 0 Å². The van der Waals surface area contributed by atoms with Crippen LogP contribution in [-0.4, -0.2) is 5.91 Å². The Balaban J connectivity index is 2.81. The second-order valence-electron chi connectivity index (χ2n) is 3.29. The second kappa shape index (κ2) is 3.92. The van der Waals surface area contributed by atoms with Crippen LogP contribution in [0.3, 0.4) is 0 Å². The van der Waals surface area contributed by atoms with Gasteiger partial charge in [0, 0.05) is 16.7 Å². The average molecular weight is 197 g/mol. The van der Waals surface area contributed by atoms with Crippen molar-refractivity contribution < 1.29 is 4.79 Å². The molecule has 1 N–H and O–H groups in total. The number of hydrogen-bond donors (Lipinski definition) is 1. The van der Waals surface area contributed by atoms with E-state index in [4.69, 9.17) is 0 Å². The van der Waals surface area contributed by atoms with Gasteiger partial charge in [-0.15, -0.1) is 11.3 Å². The lowest BCUT2D eigenvalue weighted by atomic mass is 10.1. The van der Waals surface area contributed by atoms with Gasteiger partial charge in [-0.3, -0.25) is 4.79 Å². The van der Waals surface area contributed by atoms with E-state index in [1.165, 1.54) is 15.3 Å². The van der Waals surface area contributed by atoms with Gasteiger partial charge >= 0.3 is 0 Å². The van der Waals surface area contributed by atoms with E-state index in [9.17, 15) is 4.79 Å². The summed E-state index contributed by atoms with van der Waals surface area (Å²) in [4.78, 5) is 13.4. The minimum absolute atomic E-state index is 0.0238. The van der Waals surface area contributed by atoms with Crippen molar-refractivity contribution in [2.75, 3.05) is 0 Å². The molecule has 1 rings (SSSR count). The molecule has 0 aliphatic carbocycles. The fraction of sp³-hybridized carbons (Fsp3) is 0.500. The molecule has 0 aliphatic rings. The molecule has 1 aromatic rings. The van der Waals surface area contributed by atoms with Gasteiger partial charge in [0.2, 0.25) is 5.91 Å². The van der Waals surface area contributed by atoms with E-state index in [0.717, 1.165) is 0 Å². The molecule has 0 spiro atoms. The Morgan fingerprint density at radius 1 is 1.54 bits per heavy atom. The molecule has 0 unspecified atom stereocenters. The summed E-state index contributed by atoms with van der Waals surface area (Å²) in [6.45, 7) is 7.73. The third-order valence-electron chi connectivity index (χ3n) is 1.97. The maximum absolute atomic E-state index is 10.8. The van der Waals surface area contributed by atoms with Crippen LogP contribution in [0.2, 0.25) is 0 Å². The quantitative estimate of drug-likeness (QED) is 0.775. The topological polar surface area (TPSA) is 29.1 Å². The first kappa shape index (κ1) is 10.3. The summed E-state index contributed by atoms with van der Waals surface area (Å²) in [6.07, 6.45) is 0. The molecule has 1 atom stereocenters. The highest BCUT2D eigenvalue weighted by molar-refractivity contribution is 7.12. The van der Waals surface area contributed by atoms with Crippen molar-refractivity contribution in [1.29, 1.82) is 0 Å². The minimum atomic E-state index is 0.0238. The van der Waals surface area contributed by atoms with E-state index < -0.39 is 0 Å². The monoisotopic (exact) mass is 197 g/mol. The predicted molar refractivity (Wildman–Crippen MR) is 56.0 cm³/mol. The Bertz CT molecular complexity index is 317. The van der Waals surface area contributed by atoms with Crippen molar-refractivity contribution in [2.45, 2.75) is 33.7 Å². The van der Waals surface area contributed by atoms with Gasteiger partial charge in [0.05, 0.1) is 6.04 Å². The highest BCUT2D eigenvalue weighted by Gasteiger charge is 2.11. The first-order valence-electron chi connectivity index (χ1n) is 4.34. The van der Waals surface area contributed by atoms with Gasteiger partial charge < -0.3 is 5.32 Å². The summed E-state index contributed by atoms with van der Waals surface area (Å²) in [6, 6.07) is 2.27. The molecule has 1 aromatic heterocycles. The smallest absolute Gasteiger partial charge is 0.217 e. The van der Waals surface area contributed by atoms with E-state index >= 15 is 0 Å².